The third-order valence-corrected chi connectivity index (χ3v) is 6.22. The molecule has 0 aromatic rings. The van der Waals surface area contributed by atoms with Gasteiger partial charge in [-0.05, 0) is 26.2 Å². The SMILES string of the molecule is C=C(C)[Si](C)(C)CN(CC)CC. The lowest BCUT2D eigenvalue weighted by Gasteiger charge is -2.30. The molecular formula is C10H23NSi. The van der Waals surface area contributed by atoms with Gasteiger partial charge >= 0.3 is 0 Å². The van der Waals surface area contributed by atoms with Crippen molar-refractivity contribution < 1.29 is 0 Å². The van der Waals surface area contributed by atoms with Crippen molar-refractivity contribution >= 4 is 8.07 Å². The van der Waals surface area contributed by atoms with Gasteiger partial charge in [-0.15, -0.1) is 6.58 Å². The van der Waals surface area contributed by atoms with Gasteiger partial charge in [0.2, 0.25) is 0 Å². The van der Waals surface area contributed by atoms with Crippen LogP contribution in [0.5, 0.6) is 0 Å². The molecule has 2 heteroatoms. The van der Waals surface area contributed by atoms with Crippen LogP contribution in [0.2, 0.25) is 13.1 Å². The van der Waals surface area contributed by atoms with Crippen molar-refractivity contribution in [3.8, 4) is 0 Å². The zero-order chi connectivity index (χ0) is 9.78. The number of rotatable bonds is 5. The fraction of sp³-hybridized carbons (Fsp3) is 0.800. The minimum absolute atomic E-state index is 1.15. The molecule has 0 saturated heterocycles. The van der Waals surface area contributed by atoms with E-state index in [1.165, 1.54) is 24.5 Å². The maximum absolute atomic E-state index is 4.08. The smallest absolute Gasteiger partial charge is 0.0886 e. The molecule has 0 aliphatic carbocycles. The summed E-state index contributed by atoms with van der Waals surface area (Å²) in [6, 6.07) is 0. The molecule has 0 atom stereocenters. The molecule has 0 bridgehead atoms. The normalized spacial score (nSPS) is 12.2. The van der Waals surface area contributed by atoms with Crippen LogP contribution in [0.1, 0.15) is 20.8 Å². The first-order valence-electron chi connectivity index (χ1n) is 4.82. The predicted molar refractivity (Wildman–Crippen MR) is 60.1 cm³/mol. The van der Waals surface area contributed by atoms with Gasteiger partial charge in [-0.2, -0.15) is 0 Å². The monoisotopic (exact) mass is 185 g/mol. The average Bonchev–Trinajstić information content (AvgIpc) is 2.00. The summed E-state index contributed by atoms with van der Waals surface area (Å²) in [6.45, 7) is 17.8. The highest BCUT2D eigenvalue weighted by molar-refractivity contribution is 6.84. The van der Waals surface area contributed by atoms with Crippen molar-refractivity contribution in [2.75, 3.05) is 19.3 Å². The Labute approximate surface area is 78.5 Å². The van der Waals surface area contributed by atoms with Gasteiger partial charge in [0.05, 0.1) is 8.07 Å². The molecule has 0 radical (unpaired) electrons. The highest BCUT2D eigenvalue weighted by atomic mass is 28.3. The van der Waals surface area contributed by atoms with Crippen molar-refractivity contribution in [3.63, 3.8) is 0 Å². The van der Waals surface area contributed by atoms with E-state index in [2.05, 4.69) is 45.3 Å². The van der Waals surface area contributed by atoms with Gasteiger partial charge in [0, 0.05) is 0 Å². The Morgan fingerprint density at radius 3 is 1.92 bits per heavy atom. The molecule has 0 fully saturated rings. The zero-order valence-corrected chi connectivity index (χ0v) is 10.3. The quantitative estimate of drug-likeness (QED) is 0.595. The lowest BCUT2D eigenvalue weighted by atomic mass is 10.6. The van der Waals surface area contributed by atoms with Crippen LogP contribution < -0.4 is 0 Å². The molecule has 0 amide bonds. The molecule has 72 valence electrons. The molecule has 0 rings (SSSR count). The largest absolute Gasteiger partial charge is 0.306 e. The van der Waals surface area contributed by atoms with Gasteiger partial charge in [-0.25, -0.2) is 0 Å². The Hall–Kier alpha value is -0.0831. The Morgan fingerprint density at radius 2 is 1.67 bits per heavy atom. The van der Waals surface area contributed by atoms with E-state index in [0.717, 1.165) is 0 Å². The zero-order valence-electron chi connectivity index (χ0n) is 9.28. The fourth-order valence-corrected chi connectivity index (χ4v) is 2.98. The third-order valence-electron chi connectivity index (χ3n) is 2.67. The third kappa shape index (κ3) is 3.54. The van der Waals surface area contributed by atoms with Crippen molar-refractivity contribution in [2.45, 2.75) is 33.9 Å². The number of hydrogen-bond donors (Lipinski definition) is 0. The van der Waals surface area contributed by atoms with Crippen molar-refractivity contribution in [2.24, 2.45) is 0 Å². The number of hydrogen-bond acceptors (Lipinski definition) is 1. The van der Waals surface area contributed by atoms with Crippen LogP contribution in [0.15, 0.2) is 11.8 Å². The van der Waals surface area contributed by atoms with Gasteiger partial charge in [0.15, 0.2) is 0 Å². The molecule has 1 nitrogen and oxygen atoms in total. The Kier molecular flexibility index (Phi) is 4.79. The van der Waals surface area contributed by atoms with Crippen LogP contribution in [0.3, 0.4) is 0 Å². The first kappa shape index (κ1) is 11.9. The van der Waals surface area contributed by atoms with E-state index in [1.807, 2.05) is 0 Å². The Balaban J connectivity index is 4.12. The molecule has 0 heterocycles. The first-order valence-corrected chi connectivity index (χ1v) is 8.03. The van der Waals surface area contributed by atoms with Crippen molar-refractivity contribution in [1.82, 2.24) is 4.90 Å². The van der Waals surface area contributed by atoms with Gasteiger partial charge < -0.3 is 4.90 Å². The summed E-state index contributed by atoms with van der Waals surface area (Å²) < 4.78 is 0. The van der Waals surface area contributed by atoms with Gasteiger partial charge in [0.25, 0.3) is 0 Å². The lowest BCUT2D eigenvalue weighted by Crippen LogP contribution is -2.43. The standard InChI is InChI=1S/C10H23NSi/c1-7-11(8-2)9-12(5,6)10(3)4/h3,7-9H2,1-2,4-6H3. The van der Waals surface area contributed by atoms with E-state index in [9.17, 15) is 0 Å². The van der Waals surface area contributed by atoms with Crippen LogP contribution in [-0.2, 0) is 0 Å². The highest BCUT2D eigenvalue weighted by Crippen LogP contribution is 2.13. The highest BCUT2D eigenvalue weighted by Gasteiger charge is 2.23. The topological polar surface area (TPSA) is 3.24 Å². The van der Waals surface area contributed by atoms with E-state index in [4.69, 9.17) is 0 Å². The minimum atomic E-state index is -1.15. The molecule has 0 N–H and O–H groups in total. The maximum Gasteiger partial charge on any atom is 0.0886 e. The summed E-state index contributed by atoms with van der Waals surface area (Å²) >= 11 is 0. The van der Waals surface area contributed by atoms with Crippen molar-refractivity contribution in [1.29, 1.82) is 0 Å². The second kappa shape index (κ2) is 4.82. The molecule has 0 aromatic carbocycles. The fourth-order valence-electron chi connectivity index (χ4n) is 1.14. The molecular weight excluding hydrogens is 162 g/mol. The first-order chi connectivity index (χ1) is 5.44. The summed E-state index contributed by atoms with van der Waals surface area (Å²) in [4.78, 5) is 2.50. The molecule has 0 spiro atoms. The second-order valence-corrected chi connectivity index (χ2v) is 9.06. The average molecular weight is 185 g/mol. The lowest BCUT2D eigenvalue weighted by molar-refractivity contribution is 0.348. The van der Waals surface area contributed by atoms with E-state index in [-0.39, 0.29) is 0 Å². The summed E-state index contributed by atoms with van der Waals surface area (Å²) in [5.41, 5.74) is 0. The molecule has 0 aromatic heterocycles. The molecule has 0 unspecified atom stereocenters. The van der Waals surface area contributed by atoms with E-state index >= 15 is 0 Å². The van der Waals surface area contributed by atoms with Gasteiger partial charge in [-0.3, -0.25) is 0 Å². The molecule has 12 heavy (non-hydrogen) atoms. The summed E-state index contributed by atoms with van der Waals surface area (Å²) in [5.74, 6) is 0. The maximum atomic E-state index is 4.08. The number of allylic oxidation sites excluding steroid dienone is 1. The molecule has 0 saturated carbocycles. The predicted octanol–water partition coefficient (Wildman–Crippen LogP) is 2.69. The van der Waals surface area contributed by atoms with Gasteiger partial charge in [-0.1, -0.05) is 32.1 Å². The Morgan fingerprint density at radius 1 is 1.25 bits per heavy atom. The van der Waals surface area contributed by atoms with Crippen LogP contribution in [-0.4, -0.2) is 32.2 Å². The molecule has 0 aliphatic rings. The Bertz CT molecular complexity index is 148. The van der Waals surface area contributed by atoms with Crippen LogP contribution in [0.4, 0.5) is 0 Å². The number of nitrogens with zero attached hydrogens (tertiary/aromatic N) is 1. The van der Waals surface area contributed by atoms with E-state index < -0.39 is 8.07 Å². The van der Waals surface area contributed by atoms with E-state index in [1.54, 1.807) is 0 Å². The van der Waals surface area contributed by atoms with Crippen LogP contribution in [0.25, 0.3) is 0 Å². The molecule has 0 aliphatic heterocycles. The minimum Gasteiger partial charge on any atom is -0.306 e. The summed E-state index contributed by atoms with van der Waals surface area (Å²) in [5, 5.41) is 1.41. The van der Waals surface area contributed by atoms with Crippen molar-refractivity contribution in [3.05, 3.63) is 11.8 Å². The van der Waals surface area contributed by atoms with Crippen LogP contribution >= 0.6 is 0 Å². The van der Waals surface area contributed by atoms with E-state index in [0.29, 0.717) is 0 Å². The summed E-state index contributed by atoms with van der Waals surface area (Å²) in [7, 11) is -1.15. The second-order valence-electron chi connectivity index (χ2n) is 4.13. The van der Waals surface area contributed by atoms with Crippen LogP contribution in [0, 0.1) is 0 Å². The summed E-state index contributed by atoms with van der Waals surface area (Å²) in [6.07, 6.45) is 1.26. The van der Waals surface area contributed by atoms with Gasteiger partial charge in [0.1, 0.15) is 0 Å².